The van der Waals surface area contributed by atoms with E-state index in [1.807, 2.05) is 24.3 Å². The predicted molar refractivity (Wildman–Crippen MR) is 103 cm³/mol. The molecular weight excluding hydrogens is 330 g/mol. The van der Waals surface area contributed by atoms with Crippen molar-refractivity contribution in [3.63, 3.8) is 0 Å². The van der Waals surface area contributed by atoms with Gasteiger partial charge in [-0.25, -0.2) is 4.98 Å². The van der Waals surface area contributed by atoms with Gasteiger partial charge in [0.1, 0.15) is 5.82 Å². The highest BCUT2D eigenvalue weighted by Crippen LogP contribution is 2.41. The van der Waals surface area contributed by atoms with Crippen molar-refractivity contribution in [3.8, 4) is 28.5 Å². The fourth-order valence-electron chi connectivity index (χ4n) is 3.39. The lowest BCUT2D eigenvalue weighted by molar-refractivity contribution is 0.324. The highest BCUT2D eigenvalue weighted by Gasteiger charge is 2.20. The van der Waals surface area contributed by atoms with Crippen molar-refractivity contribution in [2.45, 2.75) is 12.8 Å². The Kier molecular flexibility index (Phi) is 5.83. The molecule has 0 aliphatic carbocycles. The summed E-state index contributed by atoms with van der Waals surface area (Å²) in [5.41, 5.74) is 7.60. The molecule has 0 radical (unpaired) electrons. The first-order valence-electron chi connectivity index (χ1n) is 8.92. The Hall–Kier alpha value is -2.47. The predicted octanol–water partition coefficient (Wildman–Crippen LogP) is 2.95. The standard InChI is InChI=1S/C20H27N3O3/c1-24-17-11-15(12-18(25-2)20(17)26-3)16-5-4-6-19(22-16)23-9-7-14(13-21)8-10-23/h4-6,11-12,14H,7-10,13,21H2,1-3H3. The van der Waals surface area contributed by atoms with Gasteiger partial charge in [0.25, 0.3) is 0 Å². The molecule has 1 aliphatic rings. The Morgan fingerprint density at radius 1 is 1.04 bits per heavy atom. The van der Waals surface area contributed by atoms with E-state index in [0.717, 1.165) is 49.6 Å². The Morgan fingerprint density at radius 2 is 1.69 bits per heavy atom. The van der Waals surface area contributed by atoms with Crippen molar-refractivity contribution >= 4 is 5.82 Å². The number of pyridine rings is 1. The quantitative estimate of drug-likeness (QED) is 0.857. The van der Waals surface area contributed by atoms with Crippen molar-refractivity contribution in [2.75, 3.05) is 45.9 Å². The van der Waals surface area contributed by atoms with E-state index in [0.29, 0.717) is 23.2 Å². The third-order valence-corrected chi connectivity index (χ3v) is 4.97. The molecular formula is C20H27N3O3. The number of methoxy groups -OCH3 is 3. The second kappa shape index (κ2) is 8.27. The molecule has 0 unspecified atom stereocenters. The number of anilines is 1. The van der Waals surface area contributed by atoms with Gasteiger partial charge in [-0.05, 0) is 49.6 Å². The fraction of sp³-hybridized carbons (Fsp3) is 0.450. The van der Waals surface area contributed by atoms with Crippen LogP contribution in [0.5, 0.6) is 17.2 Å². The lowest BCUT2D eigenvalue weighted by atomic mass is 9.97. The number of nitrogens with two attached hydrogens (primary N) is 1. The summed E-state index contributed by atoms with van der Waals surface area (Å²) in [6.07, 6.45) is 2.24. The number of ether oxygens (including phenoxy) is 3. The smallest absolute Gasteiger partial charge is 0.203 e. The van der Waals surface area contributed by atoms with Crippen LogP contribution in [0.3, 0.4) is 0 Å². The van der Waals surface area contributed by atoms with Crippen LogP contribution in [0.2, 0.25) is 0 Å². The van der Waals surface area contributed by atoms with E-state index in [1.54, 1.807) is 21.3 Å². The third kappa shape index (κ3) is 3.70. The first kappa shape index (κ1) is 18.3. The van der Waals surface area contributed by atoms with Gasteiger partial charge in [0.2, 0.25) is 5.75 Å². The van der Waals surface area contributed by atoms with Crippen LogP contribution in [0.1, 0.15) is 12.8 Å². The van der Waals surface area contributed by atoms with Crippen molar-refractivity contribution in [2.24, 2.45) is 11.7 Å². The van der Waals surface area contributed by atoms with E-state index in [9.17, 15) is 0 Å². The Morgan fingerprint density at radius 3 is 2.23 bits per heavy atom. The maximum absolute atomic E-state index is 5.80. The molecule has 2 N–H and O–H groups in total. The molecule has 140 valence electrons. The molecule has 0 amide bonds. The summed E-state index contributed by atoms with van der Waals surface area (Å²) in [6, 6.07) is 9.94. The topological polar surface area (TPSA) is 69.8 Å². The van der Waals surface area contributed by atoms with E-state index < -0.39 is 0 Å². The molecule has 26 heavy (non-hydrogen) atoms. The maximum Gasteiger partial charge on any atom is 0.203 e. The van der Waals surface area contributed by atoms with Crippen LogP contribution in [0.15, 0.2) is 30.3 Å². The number of hydrogen-bond acceptors (Lipinski definition) is 6. The highest BCUT2D eigenvalue weighted by atomic mass is 16.5. The first-order chi connectivity index (χ1) is 12.7. The summed E-state index contributed by atoms with van der Waals surface area (Å²) in [5.74, 6) is 3.45. The van der Waals surface area contributed by atoms with Gasteiger partial charge >= 0.3 is 0 Å². The zero-order chi connectivity index (χ0) is 18.5. The molecule has 2 aromatic rings. The average molecular weight is 357 g/mol. The molecule has 1 fully saturated rings. The van der Waals surface area contributed by atoms with Crippen LogP contribution < -0.4 is 24.8 Å². The van der Waals surface area contributed by atoms with Crippen LogP contribution >= 0.6 is 0 Å². The number of benzene rings is 1. The second-order valence-electron chi connectivity index (χ2n) is 6.46. The number of rotatable bonds is 6. The van der Waals surface area contributed by atoms with Gasteiger partial charge in [-0.3, -0.25) is 0 Å². The van der Waals surface area contributed by atoms with E-state index in [4.69, 9.17) is 24.9 Å². The molecule has 6 nitrogen and oxygen atoms in total. The van der Waals surface area contributed by atoms with Crippen molar-refractivity contribution in [1.82, 2.24) is 4.98 Å². The molecule has 1 aromatic heterocycles. The van der Waals surface area contributed by atoms with Gasteiger partial charge in [0.05, 0.1) is 27.0 Å². The van der Waals surface area contributed by atoms with Gasteiger partial charge in [-0.1, -0.05) is 6.07 Å². The first-order valence-corrected chi connectivity index (χ1v) is 8.92. The number of piperidine rings is 1. The van der Waals surface area contributed by atoms with E-state index in [2.05, 4.69) is 11.0 Å². The fourth-order valence-corrected chi connectivity index (χ4v) is 3.39. The highest BCUT2D eigenvalue weighted by molar-refractivity contribution is 5.69. The minimum atomic E-state index is 0.582. The lowest BCUT2D eigenvalue weighted by Crippen LogP contribution is -2.36. The van der Waals surface area contributed by atoms with Crippen molar-refractivity contribution < 1.29 is 14.2 Å². The Balaban J connectivity index is 1.91. The molecule has 1 aromatic carbocycles. The zero-order valence-electron chi connectivity index (χ0n) is 15.7. The third-order valence-electron chi connectivity index (χ3n) is 4.97. The van der Waals surface area contributed by atoms with Gasteiger partial charge in [0, 0.05) is 18.7 Å². The molecule has 1 aliphatic heterocycles. The molecule has 0 atom stereocenters. The summed E-state index contributed by atoms with van der Waals surface area (Å²) in [6.45, 7) is 2.76. The minimum Gasteiger partial charge on any atom is -0.493 e. The van der Waals surface area contributed by atoms with Crippen molar-refractivity contribution in [3.05, 3.63) is 30.3 Å². The molecule has 6 heteroatoms. The second-order valence-corrected chi connectivity index (χ2v) is 6.46. The molecule has 1 saturated heterocycles. The minimum absolute atomic E-state index is 0.582. The molecule has 0 spiro atoms. The van der Waals surface area contributed by atoms with E-state index >= 15 is 0 Å². The largest absolute Gasteiger partial charge is 0.493 e. The van der Waals surface area contributed by atoms with Crippen LogP contribution in [-0.2, 0) is 0 Å². The van der Waals surface area contributed by atoms with Gasteiger partial charge in [-0.2, -0.15) is 0 Å². The van der Waals surface area contributed by atoms with E-state index in [-0.39, 0.29) is 0 Å². The SMILES string of the molecule is COc1cc(-c2cccc(N3CCC(CN)CC3)n2)cc(OC)c1OC. The monoisotopic (exact) mass is 357 g/mol. The van der Waals surface area contributed by atoms with Crippen molar-refractivity contribution in [1.29, 1.82) is 0 Å². The molecule has 0 bridgehead atoms. The molecule has 2 heterocycles. The Bertz CT molecular complexity index is 718. The van der Waals surface area contributed by atoms with Gasteiger partial charge in [0.15, 0.2) is 11.5 Å². The summed E-state index contributed by atoms with van der Waals surface area (Å²) < 4.78 is 16.3. The van der Waals surface area contributed by atoms with Crippen LogP contribution in [0.4, 0.5) is 5.82 Å². The summed E-state index contributed by atoms with van der Waals surface area (Å²) >= 11 is 0. The maximum atomic E-state index is 5.80. The van der Waals surface area contributed by atoms with Crippen LogP contribution in [0.25, 0.3) is 11.3 Å². The normalized spacial score (nSPS) is 15.0. The Labute approximate surface area is 154 Å². The summed E-state index contributed by atoms with van der Waals surface area (Å²) in [5, 5.41) is 0. The lowest BCUT2D eigenvalue weighted by Gasteiger charge is -2.32. The number of nitrogens with zero attached hydrogens (tertiary/aromatic N) is 2. The van der Waals surface area contributed by atoms with Gasteiger partial charge < -0.3 is 24.8 Å². The van der Waals surface area contributed by atoms with Crippen LogP contribution in [0, 0.1) is 5.92 Å². The van der Waals surface area contributed by atoms with E-state index in [1.165, 1.54) is 0 Å². The summed E-state index contributed by atoms with van der Waals surface area (Å²) in [4.78, 5) is 7.19. The molecule has 0 saturated carbocycles. The summed E-state index contributed by atoms with van der Waals surface area (Å²) in [7, 11) is 4.84. The van der Waals surface area contributed by atoms with Crippen LogP contribution in [-0.4, -0.2) is 45.9 Å². The molecule has 3 rings (SSSR count). The zero-order valence-corrected chi connectivity index (χ0v) is 15.7. The number of aromatic nitrogens is 1. The average Bonchev–Trinajstić information content (AvgIpc) is 2.72. The van der Waals surface area contributed by atoms with Gasteiger partial charge in [-0.15, -0.1) is 0 Å². The number of hydrogen-bond donors (Lipinski definition) is 1.